The van der Waals surface area contributed by atoms with E-state index in [0.29, 0.717) is 0 Å². The van der Waals surface area contributed by atoms with Gasteiger partial charge in [-0.1, -0.05) is 18.5 Å². The number of fused-ring (bicyclic) bond motifs is 1. The van der Waals surface area contributed by atoms with Crippen LogP contribution in [0, 0.1) is 6.92 Å². The van der Waals surface area contributed by atoms with Crippen LogP contribution in [0.25, 0.3) is 11.0 Å². The van der Waals surface area contributed by atoms with Crippen LogP contribution in [0.15, 0.2) is 28.9 Å². The summed E-state index contributed by atoms with van der Waals surface area (Å²) in [6.45, 7) is 3.82. The lowest BCUT2D eigenvalue weighted by Crippen LogP contribution is -1.78. The number of hydrogen-bond acceptors (Lipinski definition) is 1. The standard InChI is InChI=1S/C11H10ClO/c1-2-3-8-7-13-11-5-4-9(12)6-10(8)11/h4-7H,1-3H2. The lowest BCUT2D eigenvalue weighted by Gasteiger charge is -1.94. The maximum atomic E-state index is 5.89. The first-order chi connectivity index (χ1) is 6.31. The maximum absolute atomic E-state index is 5.89. The number of furan rings is 1. The minimum atomic E-state index is 0.749. The first-order valence-corrected chi connectivity index (χ1v) is 4.64. The third-order valence-electron chi connectivity index (χ3n) is 2.06. The van der Waals surface area contributed by atoms with Crippen LogP contribution < -0.4 is 0 Å². The largest absolute Gasteiger partial charge is 0.464 e. The van der Waals surface area contributed by atoms with Crippen molar-refractivity contribution in [3.05, 3.63) is 42.0 Å². The zero-order chi connectivity index (χ0) is 9.26. The lowest BCUT2D eigenvalue weighted by atomic mass is 10.1. The molecule has 0 bridgehead atoms. The number of hydrogen-bond donors (Lipinski definition) is 0. The molecule has 1 heterocycles. The number of halogens is 1. The second-order valence-corrected chi connectivity index (χ2v) is 3.44. The molecule has 0 aliphatic carbocycles. The van der Waals surface area contributed by atoms with Gasteiger partial charge in [-0.25, -0.2) is 0 Å². The van der Waals surface area contributed by atoms with Gasteiger partial charge in [-0.05, 0) is 36.6 Å². The van der Waals surface area contributed by atoms with E-state index in [1.807, 2.05) is 18.2 Å². The van der Waals surface area contributed by atoms with E-state index >= 15 is 0 Å². The molecule has 2 rings (SSSR count). The summed E-state index contributed by atoms with van der Waals surface area (Å²) in [7, 11) is 0. The topological polar surface area (TPSA) is 13.1 Å². The van der Waals surface area contributed by atoms with Gasteiger partial charge in [-0.15, -0.1) is 0 Å². The van der Waals surface area contributed by atoms with Gasteiger partial charge in [0.1, 0.15) is 5.58 Å². The van der Waals surface area contributed by atoms with Gasteiger partial charge in [0.15, 0.2) is 0 Å². The van der Waals surface area contributed by atoms with Crippen LogP contribution in [0.2, 0.25) is 5.02 Å². The molecule has 0 spiro atoms. The number of aryl methyl sites for hydroxylation is 1. The van der Waals surface area contributed by atoms with Crippen molar-refractivity contribution >= 4 is 22.6 Å². The molecule has 2 aromatic rings. The van der Waals surface area contributed by atoms with Crippen molar-refractivity contribution in [2.45, 2.75) is 12.8 Å². The van der Waals surface area contributed by atoms with Crippen LogP contribution in [0.4, 0.5) is 0 Å². The van der Waals surface area contributed by atoms with E-state index in [4.69, 9.17) is 16.0 Å². The molecule has 0 saturated heterocycles. The smallest absolute Gasteiger partial charge is 0.134 e. The van der Waals surface area contributed by atoms with Crippen LogP contribution in [-0.2, 0) is 6.42 Å². The second kappa shape index (κ2) is 3.43. The summed E-state index contributed by atoms with van der Waals surface area (Å²) in [5.74, 6) is 0. The summed E-state index contributed by atoms with van der Waals surface area (Å²) >= 11 is 5.89. The van der Waals surface area contributed by atoms with Crippen molar-refractivity contribution in [1.29, 1.82) is 0 Å². The molecule has 67 valence electrons. The van der Waals surface area contributed by atoms with Gasteiger partial charge in [0, 0.05) is 10.4 Å². The summed E-state index contributed by atoms with van der Waals surface area (Å²) in [4.78, 5) is 0. The van der Waals surface area contributed by atoms with E-state index in [0.717, 1.165) is 28.8 Å². The highest BCUT2D eigenvalue weighted by Crippen LogP contribution is 2.25. The van der Waals surface area contributed by atoms with Gasteiger partial charge in [-0.2, -0.15) is 0 Å². The van der Waals surface area contributed by atoms with Crippen molar-refractivity contribution in [3.63, 3.8) is 0 Å². The molecular formula is C11H10ClO. The summed E-state index contributed by atoms with van der Waals surface area (Å²) in [5, 5.41) is 1.86. The van der Waals surface area contributed by atoms with Crippen molar-refractivity contribution in [3.8, 4) is 0 Å². The Morgan fingerprint density at radius 3 is 3.00 bits per heavy atom. The van der Waals surface area contributed by atoms with Gasteiger partial charge in [0.05, 0.1) is 6.26 Å². The zero-order valence-corrected chi connectivity index (χ0v) is 7.97. The maximum Gasteiger partial charge on any atom is 0.134 e. The Morgan fingerprint density at radius 1 is 1.38 bits per heavy atom. The van der Waals surface area contributed by atoms with Crippen LogP contribution >= 0.6 is 11.6 Å². The van der Waals surface area contributed by atoms with Crippen LogP contribution in [0.3, 0.4) is 0 Å². The molecule has 0 amide bonds. The predicted molar refractivity (Wildman–Crippen MR) is 54.9 cm³/mol. The first kappa shape index (κ1) is 8.64. The summed E-state index contributed by atoms with van der Waals surface area (Å²) in [6, 6.07) is 5.66. The molecule has 0 aliphatic heterocycles. The monoisotopic (exact) mass is 193 g/mol. The van der Waals surface area contributed by atoms with Crippen LogP contribution in [-0.4, -0.2) is 0 Å². The lowest BCUT2D eigenvalue weighted by molar-refractivity contribution is 0.610. The molecule has 13 heavy (non-hydrogen) atoms. The number of benzene rings is 1. The Kier molecular flexibility index (Phi) is 2.28. The van der Waals surface area contributed by atoms with E-state index in [1.54, 1.807) is 6.26 Å². The first-order valence-electron chi connectivity index (χ1n) is 4.26. The summed E-state index contributed by atoms with van der Waals surface area (Å²) < 4.78 is 5.37. The molecule has 2 heteroatoms. The van der Waals surface area contributed by atoms with Crippen LogP contribution in [0.5, 0.6) is 0 Å². The minimum absolute atomic E-state index is 0.749. The molecule has 0 fully saturated rings. The molecule has 0 aliphatic rings. The Bertz CT molecular complexity index is 417. The van der Waals surface area contributed by atoms with Gasteiger partial charge in [0.2, 0.25) is 0 Å². The van der Waals surface area contributed by atoms with E-state index in [2.05, 4.69) is 6.92 Å². The van der Waals surface area contributed by atoms with E-state index in [1.165, 1.54) is 5.56 Å². The van der Waals surface area contributed by atoms with Gasteiger partial charge >= 0.3 is 0 Å². The molecule has 1 nitrogen and oxygen atoms in total. The van der Waals surface area contributed by atoms with Crippen molar-refractivity contribution < 1.29 is 4.42 Å². The molecule has 0 N–H and O–H groups in total. The highest BCUT2D eigenvalue weighted by molar-refractivity contribution is 6.31. The highest BCUT2D eigenvalue weighted by atomic mass is 35.5. The van der Waals surface area contributed by atoms with E-state index in [-0.39, 0.29) is 0 Å². The van der Waals surface area contributed by atoms with Gasteiger partial charge < -0.3 is 4.42 Å². The minimum Gasteiger partial charge on any atom is -0.464 e. The molecule has 0 saturated carbocycles. The van der Waals surface area contributed by atoms with Gasteiger partial charge in [-0.3, -0.25) is 0 Å². The Hall–Kier alpha value is -0.950. The van der Waals surface area contributed by atoms with Crippen molar-refractivity contribution in [2.75, 3.05) is 0 Å². The second-order valence-electron chi connectivity index (χ2n) is 3.00. The molecule has 1 aromatic heterocycles. The summed E-state index contributed by atoms with van der Waals surface area (Å²) in [5.41, 5.74) is 2.08. The normalized spacial score (nSPS) is 10.9. The van der Waals surface area contributed by atoms with E-state index in [9.17, 15) is 0 Å². The average molecular weight is 194 g/mol. The molecular weight excluding hydrogens is 184 g/mol. The fourth-order valence-corrected chi connectivity index (χ4v) is 1.61. The van der Waals surface area contributed by atoms with Crippen molar-refractivity contribution in [2.24, 2.45) is 0 Å². The Labute approximate surface area is 82.3 Å². The van der Waals surface area contributed by atoms with E-state index < -0.39 is 0 Å². The average Bonchev–Trinajstić information content (AvgIpc) is 2.49. The molecule has 0 atom stereocenters. The third-order valence-corrected chi connectivity index (χ3v) is 2.30. The van der Waals surface area contributed by atoms with Crippen LogP contribution in [0.1, 0.15) is 12.0 Å². The SMILES string of the molecule is [CH2]CCc1coc2ccc(Cl)cc12. The molecule has 1 radical (unpaired) electrons. The number of rotatable bonds is 2. The molecule has 0 unspecified atom stereocenters. The Balaban J connectivity index is 2.58. The Morgan fingerprint density at radius 2 is 2.23 bits per heavy atom. The predicted octanol–water partition coefficient (Wildman–Crippen LogP) is 3.85. The molecule has 1 aromatic carbocycles. The van der Waals surface area contributed by atoms with Crippen molar-refractivity contribution in [1.82, 2.24) is 0 Å². The fourth-order valence-electron chi connectivity index (χ4n) is 1.44. The quantitative estimate of drug-likeness (QED) is 0.706. The third kappa shape index (κ3) is 1.56. The fraction of sp³-hybridized carbons (Fsp3) is 0.182. The zero-order valence-electron chi connectivity index (χ0n) is 7.22. The van der Waals surface area contributed by atoms with Gasteiger partial charge in [0.25, 0.3) is 0 Å². The summed E-state index contributed by atoms with van der Waals surface area (Å²) in [6.07, 6.45) is 3.60. The highest BCUT2D eigenvalue weighted by Gasteiger charge is 2.04.